The minimum Gasteiger partial charge on any atom is -0.398 e. The number of amides is 2. The molecule has 21 heavy (non-hydrogen) atoms. The normalized spacial score (nSPS) is 18.9. The zero-order chi connectivity index (χ0) is 15.6. The van der Waals surface area contributed by atoms with Gasteiger partial charge in [-0.2, -0.15) is 0 Å². The average molecular weight is 306 g/mol. The molecule has 1 aliphatic rings. The van der Waals surface area contributed by atoms with Gasteiger partial charge in [-0.3, -0.25) is 14.5 Å². The van der Waals surface area contributed by atoms with Crippen LogP contribution in [0.25, 0.3) is 0 Å². The Labute approximate surface area is 130 Å². The number of hydrogen-bond acceptors (Lipinski definition) is 4. The Bertz CT molecular complexity index is 555. The molecule has 114 valence electrons. The van der Waals surface area contributed by atoms with E-state index in [9.17, 15) is 9.59 Å². The van der Waals surface area contributed by atoms with Crippen molar-refractivity contribution in [3.63, 3.8) is 0 Å². The Morgan fingerprint density at radius 2 is 2.00 bits per heavy atom. The van der Waals surface area contributed by atoms with E-state index in [4.69, 9.17) is 5.73 Å². The number of hydrogen-bond donors (Lipinski definition) is 1. The lowest BCUT2D eigenvalue weighted by Crippen LogP contribution is -2.40. The lowest BCUT2D eigenvalue weighted by molar-refractivity contribution is -0.141. The molecule has 1 fully saturated rings. The Hall–Kier alpha value is -1.49. The van der Waals surface area contributed by atoms with Crippen LogP contribution in [-0.2, 0) is 9.59 Å². The molecule has 4 nitrogen and oxygen atoms in total. The average Bonchev–Trinajstić information content (AvgIpc) is 2.73. The molecule has 2 amide bonds. The molecule has 0 saturated carbocycles. The number of thioether (sulfide) groups is 1. The molecule has 5 heteroatoms. The maximum atomic E-state index is 12.5. The summed E-state index contributed by atoms with van der Waals surface area (Å²) < 4.78 is 0. The second-order valence-corrected chi connectivity index (χ2v) is 6.60. The van der Waals surface area contributed by atoms with Gasteiger partial charge in [0.25, 0.3) is 0 Å². The van der Waals surface area contributed by atoms with E-state index < -0.39 is 0 Å². The van der Waals surface area contributed by atoms with Crippen LogP contribution in [0.5, 0.6) is 0 Å². The topological polar surface area (TPSA) is 63.4 Å². The number of carbonyl (C=O) groups is 2. The molecule has 0 bridgehead atoms. The fraction of sp³-hybridized carbons (Fsp3) is 0.500. The van der Waals surface area contributed by atoms with Crippen molar-refractivity contribution in [3.05, 3.63) is 23.8 Å². The van der Waals surface area contributed by atoms with Crippen molar-refractivity contribution >= 4 is 29.3 Å². The van der Waals surface area contributed by atoms with Gasteiger partial charge in [0.15, 0.2) is 0 Å². The van der Waals surface area contributed by atoms with E-state index in [0.717, 1.165) is 23.3 Å². The minimum absolute atomic E-state index is 0.0255. The molecular weight excluding hydrogens is 284 g/mol. The van der Waals surface area contributed by atoms with E-state index in [1.807, 2.05) is 39.0 Å². The van der Waals surface area contributed by atoms with Crippen LogP contribution in [0, 0.1) is 6.92 Å². The van der Waals surface area contributed by atoms with Gasteiger partial charge in [0, 0.05) is 23.0 Å². The van der Waals surface area contributed by atoms with E-state index in [-0.39, 0.29) is 29.5 Å². The molecule has 0 radical (unpaired) electrons. The predicted molar refractivity (Wildman–Crippen MR) is 86.1 cm³/mol. The number of carbonyl (C=O) groups excluding carboxylic acids is 2. The largest absolute Gasteiger partial charge is 0.398 e. The van der Waals surface area contributed by atoms with Gasteiger partial charge in [0.1, 0.15) is 0 Å². The summed E-state index contributed by atoms with van der Waals surface area (Å²) in [6, 6.07) is 5.70. The Morgan fingerprint density at radius 3 is 2.62 bits per heavy atom. The second-order valence-electron chi connectivity index (χ2n) is 5.35. The fourth-order valence-corrected chi connectivity index (χ4v) is 3.86. The maximum Gasteiger partial charge on any atom is 0.243 e. The molecule has 1 aliphatic heterocycles. The number of rotatable bonds is 5. The van der Waals surface area contributed by atoms with Crippen molar-refractivity contribution < 1.29 is 9.59 Å². The van der Waals surface area contributed by atoms with Gasteiger partial charge < -0.3 is 5.73 Å². The van der Waals surface area contributed by atoms with Crippen molar-refractivity contribution in [2.24, 2.45) is 0 Å². The second kappa shape index (κ2) is 6.52. The van der Waals surface area contributed by atoms with Gasteiger partial charge in [-0.05, 0) is 37.5 Å². The first-order valence-electron chi connectivity index (χ1n) is 7.37. The van der Waals surface area contributed by atoms with Crippen molar-refractivity contribution in [2.75, 3.05) is 5.73 Å². The molecule has 1 atom stereocenters. The van der Waals surface area contributed by atoms with Crippen LogP contribution < -0.4 is 5.73 Å². The summed E-state index contributed by atoms with van der Waals surface area (Å²) in [5.41, 5.74) is 7.59. The number of benzene rings is 1. The number of nitrogens with two attached hydrogens (primary N) is 1. The van der Waals surface area contributed by atoms with E-state index in [0.29, 0.717) is 5.69 Å². The summed E-state index contributed by atoms with van der Waals surface area (Å²) in [6.45, 7) is 5.96. The smallest absolute Gasteiger partial charge is 0.243 e. The summed E-state index contributed by atoms with van der Waals surface area (Å²) in [4.78, 5) is 27.1. The highest BCUT2D eigenvalue weighted by atomic mass is 32.2. The first kappa shape index (κ1) is 15.9. The lowest BCUT2D eigenvalue weighted by Gasteiger charge is -2.24. The third-order valence-corrected chi connectivity index (χ3v) is 5.39. The fourth-order valence-electron chi connectivity index (χ4n) is 2.66. The van der Waals surface area contributed by atoms with Crippen molar-refractivity contribution in [2.45, 2.75) is 56.2 Å². The van der Waals surface area contributed by atoms with E-state index in [1.165, 1.54) is 16.7 Å². The van der Waals surface area contributed by atoms with Gasteiger partial charge in [0.05, 0.1) is 5.25 Å². The van der Waals surface area contributed by atoms with Gasteiger partial charge >= 0.3 is 0 Å². The summed E-state index contributed by atoms with van der Waals surface area (Å²) in [6.07, 6.45) is 1.90. The quantitative estimate of drug-likeness (QED) is 0.671. The Kier molecular flexibility index (Phi) is 4.93. The molecular formula is C16H22N2O2S. The zero-order valence-electron chi connectivity index (χ0n) is 12.8. The van der Waals surface area contributed by atoms with Crippen LogP contribution in [0.4, 0.5) is 5.69 Å². The first-order chi connectivity index (χ1) is 9.99. The summed E-state index contributed by atoms with van der Waals surface area (Å²) in [5, 5.41) is -0.321. The maximum absolute atomic E-state index is 12.5. The van der Waals surface area contributed by atoms with Crippen LogP contribution in [0.3, 0.4) is 0 Å². The summed E-state index contributed by atoms with van der Waals surface area (Å²) in [7, 11) is 0. The van der Waals surface area contributed by atoms with E-state index >= 15 is 0 Å². The molecule has 1 aromatic rings. The minimum atomic E-state index is -0.321. The zero-order valence-corrected chi connectivity index (χ0v) is 13.6. The summed E-state index contributed by atoms with van der Waals surface area (Å²) in [5.74, 6) is -0.103. The molecule has 0 aliphatic carbocycles. The first-order valence-corrected chi connectivity index (χ1v) is 8.25. The highest BCUT2D eigenvalue weighted by molar-refractivity contribution is 8.00. The van der Waals surface area contributed by atoms with Crippen LogP contribution in [0.15, 0.2) is 23.1 Å². The van der Waals surface area contributed by atoms with Crippen LogP contribution in [-0.4, -0.2) is 28.0 Å². The van der Waals surface area contributed by atoms with Gasteiger partial charge in [-0.1, -0.05) is 19.9 Å². The van der Waals surface area contributed by atoms with Crippen LogP contribution in [0.2, 0.25) is 0 Å². The third-order valence-electron chi connectivity index (χ3n) is 4.04. The summed E-state index contributed by atoms with van der Waals surface area (Å²) >= 11 is 1.45. The van der Waals surface area contributed by atoms with Crippen molar-refractivity contribution in [3.8, 4) is 0 Å². The molecule has 1 saturated heterocycles. The molecule has 1 aromatic carbocycles. The van der Waals surface area contributed by atoms with Crippen LogP contribution in [0.1, 0.15) is 38.7 Å². The number of nitrogens with zero attached hydrogens (tertiary/aromatic N) is 1. The molecule has 1 unspecified atom stereocenters. The van der Waals surface area contributed by atoms with Gasteiger partial charge in [0.2, 0.25) is 11.8 Å². The van der Waals surface area contributed by atoms with Gasteiger partial charge in [-0.25, -0.2) is 0 Å². The highest BCUT2D eigenvalue weighted by Crippen LogP contribution is 2.36. The van der Waals surface area contributed by atoms with Crippen molar-refractivity contribution in [1.82, 2.24) is 4.90 Å². The van der Waals surface area contributed by atoms with Crippen LogP contribution >= 0.6 is 11.8 Å². The molecule has 1 heterocycles. The van der Waals surface area contributed by atoms with E-state index in [2.05, 4.69) is 0 Å². The number of imide groups is 1. The third kappa shape index (κ3) is 3.07. The van der Waals surface area contributed by atoms with Crippen molar-refractivity contribution in [1.29, 1.82) is 0 Å². The highest BCUT2D eigenvalue weighted by Gasteiger charge is 2.41. The number of nitrogen functional groups attached to an aromatic ring is 1. The number of likely N-dealkylation sites (tertiary alicyclic amines) is 1. The monoisotopic (exact) mass is 306 g/mol. The molecule has 0 spiro atoms. The molecule has 2 N–H and O–H groups in total. The molecule has 2 rings (SSSR count). The van der Waals surface area contributed by atoms with E-state index in [1.54, 1.807) is 0 Å². The van der Waals surface area contributed by atoms with Gasteiger partial charge in [-0.15, -0.1) is 11.8 Å². The number of anilines is 1. The lowest BCUT2D eigenvalue weighted by atomic mass is 10.1. The Balaban J connectivity index is 2.18. The Morgan fingerprint density at radius 1 is 1.33 bits per heavy atom. The SMILES string of the molecule is CCC(CC)N1C(=O)CC(Sc2cccc(N)c2C)C1=O. The predicted octanol–water partition coefficient (Wildman–Crippen LogP) is 2.99. The molecule has 0 aromatic heterocycles. The standard InChI is InChI=1S/C16H22N2O2S/c1-4-11(5-2)18-15(19)9-14(16(18)20)21-13-8-6-7-12(17)10(13)3/h6-8,11,14H,4-5,9,17H2,1-3H3.